The highest BCUT2D eigenvalue weighted by Gasteiger charge is 2.09. The highest BCUT2D eigenvalue weighted by molar-refractivity contribution is 5.27. The lowest BCUT2D eigenvalue weighted by Crippen LogP contribution is -2.23. The third kappa shape index (κ3) is 3.92. The molecule has 0 heterocycles. The van der Waals surface area contributed by atoms with Gasteiger partial charge in [0.05, 0.1) is 6.10 Å². The summed E-state index contributed by atoms with van der Waals surface area (Å²) < 4.78 is 5.48. The Morgan fingerprint density at radius 1 is 1.20 bits per heavy atom. The lowest BCUT2D eigenvalue weighted by atomic mass is 10.1. The molecule has 2 heteroatoms. The molecule has 0 bridgehead atoms. The van der Waals surface area contributed by atoms with Crippen molar-refractivity contribution in [3.05, 3.63) is 29.8 Å². The fourth-order valence-electron chi connectivity index (χ4n) is 1.20. The van der Waals surface area contributed by atoms with Gasteiger partial charge in [0, 0.05) is 0 Å². The highest BCUT2D eigenvalue weighted by Crippen LogP contribution is 2.13. The number of hydrogen-bond donors (Lipinski definition) is 1. The van der Waals surface area contributed by atoms with Gasteiger partial charge in [-0.25, -0.2) is 0 Å². The molecule has 0 aliphatic rings. The molecule has 0 aromatic heterocycles. The molecule has 0 spiro atoms. The van der Waals surface area contributed by atoms with Crippen molar-refractivity contribution in [2.45, 2.75) is 33.3 Å². The van der Waals surface area contributed by atoms with Crippen LogP contribution in [0.4, 0.5) is 0 Å². The summed E-state index contributed by atoms with van der Waals surface area (Å²) in [7, 11) is 0. The van der Waals surface area contributed by atoms with Crippen molar-refractivity contribution in [3.8, 4) is 5.75 Å². The van der Waals surface area contributed by atoms with Crippen LogP contribution in [0.15, 0.2) is 24.3 Å². The summed E-state index contributed by atoms with van der Waals surface area (Å²) in [5.74, 6) is 1.06. The molecule has 84 valence electrons. The van der Waals surface area contributed by atoms with Crippen LogP contribution in [0.25, 0.3) is 0 Å². The molecule has 1 aromatic rings. The van der Waals surface area contributed by atoms with E-state index in [4.69, 9.17) is 4.74 Å². The molecule has 1 aromatic carbocycles. The van der Waals surface area contributed by atoms with E-state index in [-0.39, 0.29) is 5.92 Å². The van der Waals surface area contributed by atoms with Crippen LogP contribution in [0.3, 0.4) is 0 Å². The average Bonchev–Trinajstić information content (AvgIpc) is 2.26. The molecule has 1 N–H and O–H groups in total. The van der Waals surface area contributed by atoms with Gasteiger partial charge in [-0.15, -0.1) is 0 Å². The van der Waals surface area contributed by atoms with Crippen molar-refractivity contribution < 1.29 is 9.84 Å². The number of hydrogen-bond acceptors (Lipinski definition) is 2. The number of aryl methyl sites for hydroxylation is 1. The standard InChI is InChI=1S/C13H20O2/c1-4-11-5-7-12(8-6-11)15-9-13(14)10(2)3/h5-8,10,13-14H,4,9H2,1-3H3. The third-order valence-corrected chi connectivity index (χ3v) is 2.52. The zero-order valence-electron chi connectivity index (χ0n) is 9.73. The van der Waals surface area contributed by atoms with Crippen LogP contribution >= 0.6 is 0 Å². The number of aliphatic hydroxyl groups is 1. The Hall–Kier alpha value is -1.02. The zero-order valence-corrected chi connectivity index (χ0v) is 9.73. The second kappa shape index (κ2) is 5.76. The molecule has 0 amide bonds. The van der Waals surface area contributed by atoms with Crippen molar-refractivity contribution in [2.24, 2.45) is 5.92 Å². The molecule has 0 radical (unpaired) electrons. The van der Waals surface area contributed by atoms with Gasteiger partial charge in [0.2, 0.25) is 0 Å². The third-order valence-electron chi connectivity index (χ3n) is 2.52. The molecule has 15 heavy (non-hydrogen) atoms. The minimum absolute atomic E-state index is 0.236. The summed E-state index contributed by atoms with van der Waals surface area (Å²) in [6.45, 7) is 6.45. The summed E-state index contributed by atoms with van der Waals surface area (Å²) in [5.41, 5.74) is 1.30. The average molecular weight is 208 g/mol. The maximum Gasteiger partial charge on any atom is 0.119 e. The maximum atomic E-state index is 9.56. The minimum atomic E-state index is -0.393. The van der Waals surface area contributed by atoms with Crippen molar-refractivity contribution in [2.75, 3.05) is 6.61 Å². The van der Waals surface area contributed by atoms with Gasteiger partial charge >= 0.3 is 0 Å². The van der Waals surface area contributed by atoms with Crippen LogP contribution in [-0.2, 0) is 6.42 Å². The highest BCUT2D eigenvalue weighted by atomic mass is 16.5. The molecule has 0 saturated heterocycles. The lowest BCUT2D eigenvalue weighted by Gasteiger charge is -2.15. The van der Waals surface area contributed by atoms with E-state index in [9.17, 15) is 5.11 Å². The first-order valence-corrected chi connectivity index (χ1v) is 5.53. The van der Waals surface area contributed by atoms with Crippen molar-refractivity contribution >= 4 is 0 Å². The Morgan fingerprint density at radius 2 is 1.80 bits per heavy atom. The van der Waals surface area contributed by atoms with Gasteiger partial charge in [-0.2, -0.15) is 0 Å². The fourth-order valence-corrected chi connectivity index (χ4v) is 1.20. The molecule has 0 saturated carbocycles. The molecular formula is C13H20O2. The Labute approximate surface area is 91.9 Å². The molecule has 0 aliphatic heterocycles. The summed E-state index contributed by atoms with van der Waals surface area (Å²) in [6, 6.07) is 8.01. The van der Waals surface area contributed by atoms with E-state index in [1.165, 1.54) is 5.56 Å². The Bertz CT molecular complexity index is 277. The van der Waals surface area contributed by atoms with Crippen LogP contribution in [0.5, 0.6) is 5.75 Å². The van der Waals surface area contributed by atoms with Crippen LogP contribution in [0.2, 0.25) is 0 Å². The van der Waals surface area contributed by atoms with E-state index in [1.807, 2.05) is 26.0 Å². The summed E-state index contributed by atoms with van der Waals surface area (Å²) >= 11 is 0. The van der Waals surface area contributed by atoms with E-state index in [1.54, 1.807) is 0 Å². The molecule has 2 nitrogen and oxygen atoms in total. The Morgan fingerprint density at radius 3 is 2.27 bits per heavy atom. The van der Waals surface area contributed by atoms with Gasteiger partial charge < -0.3 is 9.84 Å². The first kappa shape index (κ1) is 12.1. The van der Waals surface area contributed by atoms with E-state index in [0.29, 0.717) is 6.61 Å². The molecule has 1 atom stereocenters. The number of aliphatic hydroxyl groups excluding tert-OH is 1. The second-order valence-electron chi connectivity index (χ2n) is 4.12. The number of rotatable bonds is 5. The molecule has 0 fully saturated rings. The molecule has 1 unspecified atom stereocenters. The van der Waals surface area contributed by atoms with Gasteiger partial charge in [0.25, 0.3) is 0 Å². The smallest absolute Gasteiger partial charge is 0.119 e. The van der Waals surface area contributed by atoms with Crippen LogP contribution in [0.1, 0.15) is 26.3 Å². The zero-order chi connectivity index (χ0) is 11.3. The lowest BCUT2D eigenvalue weighted by molar-refractivity contribution is 0.0701. The van der Waals surface area contributed by atoms with Crippen LogP contribution in [-0.4, -0.2) is 17.8 Å². The van der Waals surface area contributed by atoms with E-state index in [0.717, 1.165) is 12.2 Å². The largest absolute Gasteiger partial charge is 0.491 e. The predicted molar refractivity (Wildman–Crippen MR) is 62.2 cm³/mol. The van der Waals surface area contributed by atoms with Gasteiger partial charge in [-0.3, -0.25) is 0 Å². The van der Waals surface area contributed by atoms with E-state index >= 15 is 0 Å². The Kier molecular flexibility index (Phi) is 4.63. The quantitative estimate of drug-likeness (QED) is 0.806. The van der Waals surface area contributed by atoms with Crippen molar-refractivity contribution in [1.82, 2.24) is 0 Å². The van der Waals surface area contributed by atoms with Gasteiger partial charge in [-0.1, -0.05) is 32.9 Å². The van der Waals surface area contributed by atoms with Gasteiger partial charge in [0.15, 0.2) is 0 Å². The molecule has 1 rings (SSSR count). The van der Waals surface area contributed by atoms with E-state index < -0.39 is 6.10 Å². The molecular weight excluding hydrogens is 188 g/mol. The normalized spacial score (nSPS) is 12.9. The number of benzene rings is 1. The van der Waals surface area contributed by atoms with Crippen LogP contribution in [0, 0.1) is 5.92 Å². The van der Waals surface area contributed by atoms with Crippen molar-refractivity contribution in [3.63, 3.8) is 0 Å². The van der Waals surface area contributed by atoms with Gasteiger partial charge in [0.1, 0.15) is 12.4 Å². The minimum Gasteiger partial charge on any atom is -0.491 e. The first-order valence-electron chi connectivity index (χ1n) is 5.53. The van der Waals surface area contributed by atoms with E-state index in [2.05, 4.69) is 19.1 Å². The number of ether oxygens (including phenoxy) is 1. The topological polar surface area (TPSA) is 29.5 Å². The SMILES string of the molecule is CCc1ccc(OCC(O)C(C)C)cc1. The molecule has 0 aliphatic carbocycles. The Balaban J connectivity index is 2.44. The predicted octanol–water partition coefficient (Wildman–Crippen LogP) is 2.64. The van der Waals surface area contributed by atoms with Gasteiger partial charge in [-0.05, 0) is 30.0 Å². The summed E-state index contributed by atoms with van der Waals surface area (Å²) in [5, 5.41) is 9.56. The maximum absolute atomic E-state index is 9.56. The fraction of sp³-hybridized carbons (Fsp3) is 0.538. The van der Waals surface area contributed by atoms with Crippen LogP contribution < -0.4 is 4.74 Å². The summed E-state index contributed by atoms with van der Waals surface area (Å²) in [6.07, 6.45) is 0.644. The van der Waals surface area contributed by atoms with Crippen molar-refractivity contribution in [1.29, 1.82) is 0 Å². The second-order valence-corrected chi connectivity index (χ2v) is 4.12. The first-order chi connectivity index (χ1) is 7.13. The monoisotopic (exact) mass is 208 g/mol. The summed E-state index contributed by atoms with van der Waals surface area (Å²) in [4.78, 5) is 0.